The second-order valence-corrected chi connectivity index (χ2v) is 3.88. The fraction of sp³-hybridized carbons (Fsp3) is 0.455. The number of ether oxygens (including phenoxy) is 1. The molecular formula is C11H15BrO. The van der Waals surface area contributed by atoms with Crippen LogP contribution < -0.4 is 4.74 Å². The van der Waals surface area contributed by atoms with Crippen molar-refractivity contribution in [2.45, 2.75) is 19.8 Å². The summed E-state index contributed by atoms with van der Waals surface area (Å²) in [6.45, 7) is 4.31. The van der Waals surface area contributed by atoms with Gasteiger partial charge >= 0.3 is 0 Å². The summed E-state index contributed by atoms with van der Waals surface area (Å²) in [6.07, 6.45) is 0. The third kappa shape index (κ3) is 2.25. The van der Waals surface area contributed by atoms with Gasteiger partial charge in [0.2, 0.25) is 0 Å². The first-order valence-electron chi connectivity index (χ1n) is 4.40. The first-order valence-corrected chi connectivity index (χ1v) is 5.52. The van der Waals surface area contributed by atoms with Gasteiger partial charge in [0.1, 0.15) is 5.75 Å². The summed E-state index contributed by atoms with van der Waals surface area (Å²) in [5, 5.41) is 0.987. The van der Waals surface area contributed by atoms with Crippen molar-refractivity contribution in [3.63, 3.8) is 0 Å². The van der Waals surface area contributed by atoms with Crippen LogP contribution in [-0.2, 0) is 0 Å². The van der Waals surface area contributed by atoms with E-state index in [9.17, 15) is 0 Å². The summed E-state index contributed by atoms with van der Waals surface area (Å²) in [4.78, 5) is 0. The molecule has 0 aliphatic heterocycles. The molecule has 0 amide bonds. The Bertz CT molecular complexity index is 283. The Balaban J connectivity index is 3.08. The van der Waals surface area contributed by atoms with Crippen LogP contribution in [0.1, 0.15) is 24.0 Å². The highest BCUT2D eigenvalue weighted by molar-refractivity contribution is 9.09. The summed E-state index contributed by atoms with van der Waals surface area (Å²) in [6, 6.07) is 6.20. The molecule has 0 bridgehead atoms. The molecule has 1 aromatic carbocycles. The molecule has 0 saturated carbocycles. The van der Waals surface area contributed by atoms with Crippen molar-refractivity contribution < 1.29 is 4.74 Å². The molecule has 0 radical (unpaired) electrons. The summed E-state index contributed by atoms with van der Waals surface area (Å²) >= 11 is 3.49. The third-order valence-electron chi connectivity index (χ3n) is 2.31. The van der Waals surface area contributed by atoms with Gasteiger partial charge in [-0.1, -0.05) is 35.0 Å². The normalized spacial score (nSPS) is 12.6. The van der Waals surface area contributed by atoms with Crippen molar-refractivity contribution in [3.05, 3.63) is 29.3 Å². The van der Waals surface area contributed by atoms with E-state index in [1.165, 1.54) is 11.1 Å². The quantitative estimate of drug-likeness (QED) is 0.738. The number of hydrogen-bond donors (Lipinski definition) is 0. The molecule has 0 spiro atoms. The van der Waals surface area contributed by atoms with Crippen LogP contribution in [-0.4, -0.2) is 12.4 Å². The molecular weight excluding hydrogens is 228 g/mol. The predicted octanol–water partition coefficient (Wildman–Crippen LogP) is 3.50. The standard InChI is InChI=1S/C11H15BrO/c1-8(7-12)10-5-4-6-11(13-3)9(10)2/h4-6,8H,7H2,1-3H3. The van der Waals surface area contributed by atoms with Gasteiger partial charge in [0.25, 0.3) is 0 Å². The van der Waals surface area contributed by atoms with Crippen LogP contribution >= 0.6 is 15.9 Å². The summed E-state index contributed by atoms with van der Waals surface area (Å²) in [5.74, 6) is 1.51. The maximum atomic E-state index is 5.26. The van der Waals surface area contributed by atoms with Crippen LogP contribution in [0.25, 0.3) is 0 Å². The third-order valence-corrected chi connectivity index (χ3v) is 3.28. The average molecular weight is 243 g/mol. The molecule has 0 fully saturated rings. The van der Waals surface area contributed by atoms with Gasteiger partial charge in [0.05, 0.1) is 7.11 Å². The second-order valence-electron chi connectivity index (χ2n) is 3.23. The maximum Gasteiger partial charge on any atom is 0.122 e. The zero-order valence-corrected chi connectivity index (χ0v) is 9.89. The van der Waals surface area contributed by atoms with Crippen molar-refractivity contribution in [3.8, 4) is 5.75 Å². The molecule has 0 saturated heterocycles. The van der Waals surface area contributed by atoms with Gasteiger partial charge in [-0.3, -0.25) is 0 Å². The number of methoxy groups -OCH3 is 1. The zero-order chi connectivity index (χ0) is 9.84. The Morgan fingerprint density at radius 2 is 2.15 bits per heavy atom. The number of rotatable bonds is 3. The minimum atomic E-state index is 0.537. The van der Waals surface area contributed by atoms with Gasteiger partial charge in [0, 0.05) is 5.33 Å². The van der Waals surface area contributed by atoms with Crippen LogP contribution in [0, 0.1) is 6.92 Å². The molecule has 1 rings (SSSR count). The van der Waals surface area contributed by atoms with Gasteiger partial charge in [-0.05, 0) is 30.0 Å². The van der Waals surface area contributed by atoms with Gasteiger partial charge in [-0.2, -0.15) is 0 Å². The van der Waals surface area contributed by atoms with E-state index in [-0.39, 0.29) is 0 Å². The summed E-state index contributed by atoms with van der Waals surface area (Å²) in [5.41, 5.74) is 2.60. The SMILES string of the molecule is COc1cccc(C(C)CBr)c1C. The lowest BCUT2D eigenvalue weighted by atomic mass is 9.97. The number of alkyl halides is 1. The van der Waals surface area contributed by atoms with Crippen LogP contribution in [0.15, 0.2) is 18.2 Å². The first-order chi connectivity index (χ1) is 6.20. The van der Waals surface area contributed by atoms with E-state index in [0.717, 1.165) is 11.1 Å². The average Bonchev–Trinajstić information content (AvgIpc) is 2.17. The van der Waals surface area contributed by atoms with Crippen LogP contribution in [0.4, 0.5) is 0 Å². The summed E-state index contributed by atoms with van der Waals surface area (Å²) < 4.78 is 5.26. The molecule has 0 heterocycles. The largest absolute Gasteiger partial charge is 0.496 e. The smallest absolute Gasteiger partial charge is 0.122 e. The molecule has 0 aromatic heterocycles. The minimum absolute atomic E-state index is 0.537. The van der Waals surface area contributed by atoms with Gasteiger partial charge in [-0.15, -0.1) is 0 Å². The van der Waals surface area contributed by atoms with Crippen molar-refractivity contribution in [1.82, 2.24) is 0 Å². The van der Waals surface area contributed by atoms with E-state index >= 15 is 0 Å². The lowest BCUT2D eigenvalue weighted by molar-refractivity contribution is 0.410. The minimum Gasteiger partial charge on any atom is -0.496 e. The lowest BCUT2D eigenvalue weighted by Crippen LogP contribution is -1.99. The highest BCUT2D eigenvalue weighted by Gasteiger charge is 2.09. The predicted molar refractivity (Wildman–Crippen MR) is 59.9 cm³/mol. The van der Waals surface area contributed by atoms with Gasteiger partial charge in [0.15, 0.2) is 0 Å². The van der Waals surface area contributed by atoms with Crippen molar-refractivity contribution >= 4 is 15.9 Å². The Labute approximate surface area is 88.2 Å². The van der Waals surface area contributed by atoms with E-state index in [1.807, 2.05) is 12.1 Å². The first kappa shape index (κ1) is 10.6. The maximum absolute atomic E-state index is 5.26. The second kappa shape index (κ2) is 4.66. The van der Waals surface area contributed by atoms with Crippen LogP contribution in [0.3, 0.4) is 0 Å². The van der Waals surface area contributed by atoms with Gasteiger partial charge in [-0.25, -0.2) is 0 Å². The highest BCUT2D eigenvalue weighted by Crippen LogP contribution is 2.27. The lowest BCUT2D eigenvalue weighted by Gasteiger charge is -2.14. The van der Waals surface area contributed by atoms with Crippen LogP contribution in [0.2, 0.25) is 0 Å². The topological polar surface area (TPSA) is 9.23 Å². The van der Waals surface area contributed by atoms with E-state index in [1.54, 1.807) is 7.11 Å². The molecule has 1 nitrogen and oxygen atoms in total. The monoisotopic (exact) mass is 242 g/mol. The summed E-state index contributed by atoms with van der Waals surface area (Å²) in [7, 11) is 1.71. The number of halogens is 1. The van der Waals surface area contributed by atoms with Crippen LogP contribution in [0.5, 0.6) is 5.75 Å². The molecule has 0 aliphatic rings. The van der Waals surface area contributed by atoms with Crippen molar-refractivity contribution in [1.29, 1.82) is 0 Å². The number of benzene rings is 1. The molecule has 2 heteroatoms. The van der Waals surface area contributed by atoms with E-state index < -0.39 is 0 Å². The molecule has 0 N–H and O–H groups in total. The Morgan fingerprint density at radius 1 is 1.46 bits per heavy atom. The van der Waals surface area contributed by atoms with Crippen molar-refractivity contribution in [2.75, 3.05) is 12.4 Å². The Hall–Kier alpha value is -0.500. The number of hydrogen-bond acceptors (Lipinski definition) is 1. The van der Waals surface area contributed by atoms with E-state index in [2.05, 4.69) is 35.8 Å². The van der Waals surface area contributed by atoms with Crippen molar-refractivity contribution in [2.24, 2.45) is 0 Å². The molecule has 1 atom stereocenters. The Kier molecular flexibility index (Phi) is 3.79. The molecule has 0 aliphatic carbocycles. The van der Waals surface area contributed by atoms with E-state index in [0.29, 0.717) is 5.92 Å². The molecule has 1 aromatic rings. The fourth-order valence-electron chi connectivity index (χ4n) is 1.47. The fourth-order valence-corrected chi connectivity index (χ4v) is 1.82. The highest BCUT2D eigenvalue weighted by atomic mass is 79.9. The Morgan fingerprint density at radius 3 is 2.69 bits per heavy atom. The molecule has 13 heavy (non-hydrogen) atoms. The molecule has 1 unspecified atom stereocenters. The van der Waals surface area contributed by atoms with E-state index in [4.69, 9.17) is 4.74 Å². The zero-order valence-electron chi connectivity index (χ0n) is 8.30. The molecule has 72 valence electrons. The van der Waals surface area contributed by atoms with Gasteiger partial charge < -0.3 is 4.74 Å².